The van der Waals surface area contributed by atoms with Gasteiger partial charge in [-0.3, -0.25) is 0 Å². The molecule has 0 unspecified atom stereocenters. The minimum Gasteiger partial charge on any atom is -0.382 e. The lowest BCUT2D eigenvalue weighted by molar-refractivity contribution is 0.411. The van der Waals surface area contributed by atoms with Crippen LogP contribution < -0.4 is 11.1 Å². The van der Waals surface area contributed by atoms with Crippen molar-refractivity contribution in [3.8, 4) is 0 Å². The number of hydrogen-bond donors (Lipinski definition) is 2. The molecular formula is C9H11N5O3S2. The van der Waals surface area contributed by atoms with Crippen molar-refractivity contribution in [3.05, 3.63) is 12.2 Å². The minimum absolute atomic E-state index is 0.0486. The van der Waals surface area contributed by atoms with E-state index < -0.39 is 9.84 Å². The fourth-order valence-corrected chi connectivity index (χ4v) is 4.54. The Morgan fingerprint density at radius 1 is 1.53 bits per heavy atom. The highest BCUT2D eigenvalue weighted by atomic mass is 32.2. The second kappa shape index (κ2) is 4.46. The van der Waals surface area contributed by atoms with Gasteiger partial charge in [0.25, 0.3) is 0 Å². The molecule has 0 atom stereocenters. The monoisotopic (exact) mass is 301 g/mol. The molecule has 2 aromatic rings. The van der Waals surface area contributed by atoms with Crippen LogP contribution in [0.4, 0.5) is 10.8 Å². The third-order valence-electron chi connectivity index (χ3n) is 2.74. The van der Waals surface area contributed by atoms with Crippen LogP contribution in [-0.4, -0.2) is 28.2 Å². The summed E-state index contributed by atoms with van der Waals surface area (Å²) in [7, 11) is -3.38. The van der Waals surface area contributed by atoms with E-state index in [1.54, 1.807) is 0 Å². The third-order valence-corrected chi connectivity index (χ3v) is 6.02. The van der Waals surface area contributed by atoms with E-state index in [1.807, 2.05) is 0 Å². The SMILES string of the molecule is Nc1nsc(NCc2ncon2)c1S(=O)(=O)C1CC1. The topological polar surface area (TPSA) is 124 Å². The Morgan fingerprint density at radius 3 is 2.95 bits per heavy atom. The lowest BCUT2D eigenvalue weighted by atomic mass is 10.5. The number of aromatic nitrogens is 3. The molecule has 0 aromatic carbocycles. The molecule has 0 amide bonds. The summed E-state index contributed by atoms with van der Waals surface area (Å²) >= 11 is 1.02. The highest BCUT2D eigenvalue weighted by Crippen LogP contribution is 2.41. The van der Waals surface area contributed by atoms with Crippen molar-refractivity contribution >= 4 is 32.2 Å². The molecule has 3 rings (SSSR count). The van der Waals surface area contributed by atoms with E-state index >= 15 is 0 Å². The summed E-state index contributed by atoms with van der Waals surface area (Å²) in [5, 5.41) is 6.67. The quantitative estimate of drug-likeness (QED) is 0.825. The Hall–Kier alpha value is -1.68. The van der Waals surface area contributed by atoms with Crippen molar-refractivity contribution in [1.29, 1.82) is 0 Å². The van der Waals surface area contributed by atoms with Crippen LogP contribution in [0.5, 0.6) is 0 Å². The summed E-state index contributed by atoms with van der Waals surface area (Å²) in [5.74, 6) is 0.481. The second-order valence-corrected chi connectivity index (χ2v) is 7.11. The van der Waals surface area contributed by atoms with Gasteiger partial charge in [-0.1, -0.05) is 5.16 Å². The van der Waals surface area contributed by atoms with Gasteiger partial charge in [-0.05, 0) is 24.4 Å². The molecule has 10 heteroatoms. The molecule has 3 N–H and O–H groups in total. The highest BCUT2D eigenvalue weighted by Gasteiger charge is 2.40. The molecule has 0 radical (unpaired) electrons. The number of rotatable bonds is 5. The Bertz CT molecular complexity index is 675. The van der Waals surface area contributed by atoms with Crippen LogP contribution in [0.3, 0.4) is 0 Å². The fraction of sp³-hybridized carbons (Fsp3) is 0.444. The van der Waals surface area contributed by atoms with E-state index in [-0.39, 0.29) is 22.5 Å². The molecule has 1 fully saturated rings. The first-order valence-electron chi connectivity index (χ1n) is 5.57. The van der Waals surface area contributed by atoms with Gasteiger partial charge in [0.15, 0.2) is 21.5 Å². The van der Waals surface area contributed by atoms with Gasteiger partial charge in [-0.15, -0.1) is 0 Å². The maximum atomic E-state index is 12.3. The molecule has 0 saturated heterocycles. The summed E-state index contributed by atoms with van der Waals surface area (Å²) in [6.07, 6.45) is 2.57. The molecule has 102 valence electrons. The first kappa shape index (κ1) is 12.4. The number of anilines is 2. The largest absolute Gasteiger partial charge is 0.382 e. The molecule has 2 heterocycles. The van der Waals surface area contributed by atoms with Crippen LogP contribution >= 0.6 is 11.5 Å². The smallest absolute Gasteiger partial charge is 0.213 e. The minimum atomic E-state index is -3.38. The average Bonchev–Trinajstić information content (AvgIpc) is 2.99. The van der Waals surface area contributed by atoms with Crippen molar-refractivity contribution in [2.24, 2.45) is 0 Å². The normalized spacial score (nSPS) is 15.6. The van der Waals surface area contributed by atoms with Crippen LogP contribution in [0.1, 0.15) is 18.7 Å². The number of hydrogen-bond acceptors (Lipinski definition) is 9. The standard InChI is InChI=1S/C9H11N5O3S2/c10-8-7(19(15,16)5-1-2-5)9(18-14-8)11-3-6-12-4-17-13-6/h4-5,11H,1-3H2,(H2,10,14). The number of nitrogens with one attached hydrogen (secondary N) is 1. The number of nitrogen functional groups attached to an aromatic ring is 1. The summed E-state index contributed by atoms with van der Waals surface area (Å²) in [6.45, 7) is 0.255. The van der Waals surface area contributed by atoms with E-state index in [4.69, 9.17) is 5.73 Å². The van der Waals surface area contributed by atoms with Crippen molar-refractivity contribution in [3.63, 3.8) is 0 Å². The van der Waals surface area contributed by atoms with Crippen LogP contribution in [0, 0.1) is 0 Å². The number of nitrogens with zero attached hydrogens (tertiary/aromatic N) is 3. The van der Waals surface area contributed by atoms with E-state index in [9.17, 15) is 8.42 Å². The number of nitrogens with two attached hydrogens (primary N) is 1. The van der Waals surface area contributed by atoms with E-state index in [0.29, 0.717) is 23.7 Å². The molecule has 0 spiro atoms. The Morgan fingerprint density at radius 2 is 2.32 bits per heavy atom. The van der Waals surface area contributed by atoms with Gasteiger partial charge in [0, 0.05) is 0 Å². The van der Waals surface area contributed by atoms with Crippen LogP contribution in [0.25, 0.3) is 0 Å². The average molecular weight is 301 g/mol. The van der Waals surface area contributed by atoms with Crippen molar-refractivity contribution in [2.45, 2.75) is 29.5 Å². The molecular weight excluding hydrogens is 290 g/mol. The zero-order chi connectivity index (χ0) is 13.5. The summed E-state index contributed by atoms with van der Waals surface area (Å²) < 4.78 is 33.0. The van der Waals surface area contributed by atoms with Gasteiger partial charge in [-0.2, -0.15) is 9.36 Å². The molecule has 0 bridgehead atoms. The van der Waals surface area contributed by atoms with Gasteiger partial charge in [0.05, 0.1) is 11.8 Å². The highest BCUT2D eigenvalue weighted by molar-refractivity contribution is 7.92. The Balaban J connectivity index is 1.86. The van der Waals surface area contributed by atoms with E-state index in [0.717, 1.165) is 11.5 Å². The maximum absolute atomic E-state index is 12.3. The lowest BCUT2D eigenvalue weighted by Crippen LogP contribution is -2.11. The zero-order valence-corrected chi connectivity index (χ0v) is 11.4. The summed E-state index contributed by atoms with van der Waals surface area (Å²) in [5.41, 5.74) is 5.67. The first-order chi connectivity index (χ1) is 9.09. The van der Waals surface area contributed by atoms with Crippen molar-refractivity contribution in [2.75, 3.05) is 11.1 Å². The van der Waals surface area contributed by atoms with Gasteiger partial charge in [0.1, 0.15) is 9.90 Å². The maximum Gasteiger partial charge on any atom is 0.213 e. The summed E-state index contributed by atoms with van der Waals surface area (Å²) in [6, 6.07) is 0. The number of sulfone groups is 1. The van der Waals surface area contributed by atoms with Gasteiger partial charge >= 0.3 is 0 Å². The van der Waals surface area contributed by atoms with Crippen LogP contribution in [0.2, 0.25) is 0 Å². The van der Waals surface area contributed by atoms with Gasteiger partial charge in [-0.25, -0.2) is 8.42 Å². The van der Waals surface area contributed by atoms with Crippen molar-refractivity contribution in [1.82, 2.24) is 14.5 Å². The van der Waals surface area contributed by atoms with Crippen molar-refractivity contribution < 1.29 is 12.9 Å². The fourth-order valence-electron chi connectivity index (χ4n) is 1.66. The van der Waals surface area contributed by atoms with E-state index in [2.05, 4.69) is 24.4 Å². The predicted molar refractivity (Wildman–Crippen MR) is 68.4 cm³/mol. The van der Waals surface area contributed by atoms with Gasteiger partial charge < -0.3 is 15.6 Å². The molecule has 2 aromatic heterocycles. The second-order valence-electron chi connectivity index (χ2n) is 4.17. The van der Waals surface area contributed by atoms with E-state index in [1.165, 1.54) is 6.39 Å². The molecule has 8 nitrogen and oxygen atoms in total. The van der Waals surface area contributed by atoms with Gasteiger partial charge in [0.2, 0.25) is 6.39 Å². The zero-order valence-electron chi connectivity index (χ0n) is 9.74. The van der Waals surface area contributed by atoms with Crippen LogP contribution in [-0.2, 0) is 16.4 Å². The molecule has 1 saturated carbocycles. The Labute approximate surface area is 113 Å². The lowest BCUT2D eigenvalue weighted by Gasteiger charge is -2.05. The molecule has 1 aliphatic carbocycles. The molecule has 1 aliphatic rings. The molecule has 19 heavy (non-hydrogen) atoms. The predicted octanol–water partition coefficient (Wildman–Crippen LogP) is 0.657. The molecule has 0 aliphatic heterocycles. The summed E-state index contributed by atoms with van der Waals surface area (Å²) in [4.78, 5) is 3.94. The Kier molecular flexibility index (Phi) is 2.90. The first-order valence-corrected chi connectivity index (χ1v) is 7.89. The van der Waals surface area contributed by atoms with Crippen LogP contribution in [0.15, 0.2) is 15.8 Å². The third kappa shape index (κ3) is 2.28.